The van der Waals surface area contributed by atoms with E-state index in [0.29, 0.717) is 38.1 Å². The molecule has 2 aliphatic heterocycles. The number of amides is 4. The van der Waals surface area contributed by atoms with Crippen molar-refractivity contribution < 1.29 is 194 Å². The zero-order valence-corrected chi connectivity index (χ0v) is 76.1. The number of benzene rings is 3. The highest BCUT2D eigenvalue weighted by Gasteiger charge is 2.44. The average molecular weight is 1980 g/mol. The van der Waals surface area contributed by atoms with E-state index < -0.39 is 212 Å². The average Bonchev–Trinajstić information content (AvgIpc) is 1.05. The maximum Gasteiger partial charge on any atom is 0.490 e. The van der Waals surface area contributed by atoms with Crippen molar-refractivity contribution >= 4 is 112 Å². The van der Waals surface area contributed by atoms with Crippen molar-refractivity contribution in [2.45, 2.75) is 297 Å². The van der Waals surface area contributed by atoms with Crippen LogP contribution in [0.25, 0.3) is 0 Å². The first-order valence-corrected chi connectivity index (χ1v) is 39.7. The second-order valence-electron chi connectivity index (χ2n) is 33.9. The summed E-state index contributed by atoms with van der Waals surface area (Å²) in [6.07, 6.45) is -33.0. The first-order chi connectivity index (χ1) is 59.0. The third-order valence-corrected chi connectivity index (χ3v) is 16.2. The number of hydrogen-bond acceptors (Lipinski definition) is 18. The Labute approximate surface area is 754 Å². The maximum absolute atomic E-state index is 12.9. The minimum atomic E-state index is -5.19. The minimum Gasteiger partial charge on any atom is -0.481 e. The van der Waals surface area contributed by atoms with Gasteiger partial charge in [0.25, 0.3) is 5.97 Å². The number of rotatable bonds is 13. The van der Waals surface area contributed by atoms with Crippen molar-refractivity contribution in [2.24, 2.45) is 11.7 Å². The van der Waals surface area contributed by atoms with Crippen LogP contribution in [0.2, 0.25) is 0 Å². The van der Waals surface area contributed by atoms with Gasteiger partial charge in [0.15, 0.2) is 16.3 Å². The molecule has 3 fully saturated rings. The van der Waals surface area contributed by atoms with E-state index in [9.17, 15) is 131 Å². The molecule has 30 nitrogen and oxygen atoms in total. The fraction of sp³-hybridized carbons (Fsp3) is 0.620. The third kappa shape index (κ3) is 52.0. The summed E-state index contributed by atoms with van der Waals surface area (Å²) < 4.78 is 289. The Morgan fingerprint density at radius 2 is 0.652 bits per heavy atom. The Hall–Kier alpha value is -10.6. The van der Waals surface area contributed by atoms with Gasteiger partial charge < -0.3 is 92.0 Å². The van der Waals surface area contributed by atoms with Crippen LogP contribution in [0.5, 0.6) is 0 Å². The van der Waals surface area contributed by atoms with Crippen LogP contribution < -0.4 is 37.6 Å². The molecule has 3 aliphatic rings. The number of carbonyl (C=O) groups is 10. The number of aliphatic carboxylic acids is 6. The van der Waals surface area contributed by atoms with Crippen LogP contribution in [0.3, 0.4) is 0 Å². The van der Waals surface area contributed by atoms with Gasteiger partial charge in [0.05, 0.1) is 45.1 Å². The van der Waals surface area contributed by atoms with Gasteiger partial charge in [0, 0.05) is 49.2 Å². The van der Waals surface area contributed by atoms with E-state index in [2.05, 4.69) is 33.5 Å². The summed E-state index contributed by atoms with van der Waals surface area (Å²) in [5, 5.41) is 63.0. The van der Waals surface area contributed by atoms with Crippen LogP contribution in [-0.4, -0.2) is 200 Å². The lowest BCUT2D eigenvalue weighted by Gasteiger charge is -2.30. The Kier molecular flexibility index (Phi) is 47.2. The Morgan fingerprint density at radius 1 is 0.394 bits per heavy atom. The molecular formula is C79H108F21N9O21S2. The number of carbonyl (C=O) groups excluding carboxylic acids is 4. The van der Waals surface area contributed by atoms with Gasteiger partial charge in [-0.3, -0.25) is 14.6 Å². The second kappa shape index (κ2) is 50.5. The van der Waals surface area contributed by atoms with Gasteiger partial charge in [0.1, 0.15) is 40.5 Å². The SMILES string of the molecule is CC(=O)O.CC(C)(C)OC(=O)N1CCC[C@@H]1C(=O)O.CC(C)(C)OC(=O)N1CCC[C@H]1C(=O)O.CC(C)[C@H](NC(=O)OC(C)(C)C)C(=O)O.CC(OC(C)(C)C)[C@H](NC(=O)OC(C)(C)C)C(=O)O.FC(F)(F)c1cc(NC(=S)Nc2cc(C(F)(F)F)cc(C(F)(F)F)c2)cc(C(F)(F)F)c1.N[C@@H]1CCCC[C@H]1NC(=S)Nc1cc(C(F)(F)F)cc(C(F)(F)F)c1.O=C(O)C(F)(F)F. The topological polar surface area (TPSA) is 443 Å². The molecule has 0 aromatic heterocycles. The number of carboxylic acid groups (broad SMARTS) is 6. The van der Waals surface area contributed by atoms with Gasteiger partial charge >= 0.3 is 97.5 Å². The standard InChI is InChI=1S/C17H8F12N2S.C15H17F6N3S.C13H25NO5.2C10H17NO4.C10H19NO4.C2HF3O2.C2H4O2/c18-14(19,20)7-1-8(15(21,22)23)4-11(3-7)30-13(32)31-12-5-9(16(24,25)26)2-10(6-12)17(27,28)29;16-14(17,18)8-5-9(15(19,20)21)7-10(6-8)23-13(25)24-12-4-2-1-3-11(12)22;1-8(18-12(2,3)4)9(10(15)16)14-11(17)19-13(5,6)7;2*1-10(2,3)15-9(14)11-6-4-5-7(11)8(12)13;1-6(2)7(8(12)13)11-9(14)15-10(3,4)5;3-2(4,5)1(6)7;1-2(3)4/h1-6H,(H2,30,31,32);5-7,11-12H,1-4,22H2,(H2,23,24,25);8-9H,1-7H3,(H,14,17)(H,15,16);2*7H,4-6H2,1-3H3,(H,12,13);6-7H,1-5H3,(H,11,14)(H,12,13);(H,6,7);1H3,(H,3,4)/t;11-,12-;8?,9-;3*7-;;/m.10100../s1. The number of carboxylic acids is 6. The smallest absolute Gasteiger partial charge is 0.481 e. The molecule has 1 saturated carbocycles. The molecule has 14 N–H and O–H groups in total. The predicted octanol–water partition coefficient (Wildman–Crippen LogP) is 19.3. The fourth-order valence-electron chi connectivity index (χ4n) is 10.6. The number of alkyl carbamates (subject to hydrolysis) is 2. The first kappa shape index (κ1) is 123. The summed E-state index contributed by atoms with van der Waals surface area (Å²) in [5.41, 5.74) is -8.77. The quantitative estimate of drug-likeness (QED) is 0.0429. The molecule has 53 heteroatoms. The number of ether oxygens (including phenoxy) is 5. The summed E-state index contributed by atoms with van der Waals surface area (Å²) in [6, 6.07) is -2.03. The molecule has 0 bridgehead atoms. The number of nitrogens with zero attached hydrogens (tertiary/aromatic N) is 2. The molecule has 0 radical (unpaired) electrons. The van der Waals surface area contributed by atoms with Crippen molar-refractivity contribution in [3.8, 4) is 0 Å². The van der Waals surface area contributed by atoms with Gasteiger partial charge in [-0.05, 0) is 234 Å². The van der Waals surface area contributed by atoms with E-state index in [0.717, 1.165) is 45.4 Å². The predicted molar refractivity (Wildman–Crippen MR) is 440 cm³/mol. The van der Waals surface area contributed by atoms with Crippen LogP contribution in [0.1, 0.15) is 216 Å². The molecule has 2 heterocycles. The summed E-state index contributed by atoms with van der Waals surface area (Å²) in [7, 11) is 0. The number of alkyl halides is 21. The maximum atomic E-state index is 12.9. The molecule has 2 saturated heterocycles. The molecule has 132 heavy (non-hydrogen) atoms. The normalized spacial score (nSPS) is 16.7. The first-order valence-electron chi connectivity index (χ1n) is 38.8. The van der Waals surface area contributed by atoms with Crippen molar-refractivity contribution in [1.82, 2.24) is 25.8 Å². The molecule has 6 rings (SSSR count). The fourth-order valence-corrected chi connectivity index (χ4v) is 11.1. The number of nitrogens with two attached hydrogens (primary N) is 1. The largest absolute Gasteiger partial charge is 0.490 e. The van der Waals surface area contributed by atoms with Crippen LogP contribution in [-0.2, 0) is 89.5 Å². The number of hydrogen-bond donors (Lipinski definition) is 13. The molecular weight excluding hydrogens is 1870 g/mol. The van der Waals surface area contributed by atoms with Crippen LogP contribution in [0.15, 0.2) is 54.6 Å². The van der Waals surface area contributed by atoms with Crippen molar-refractivity contribution in [1.29, 1.82) is 0 Å². The van der Waals surface area contributed by atoms with Crippen molar-refractivity contribution in [2.75, 3.05) is 29.0 Å². The Bertz CT molecular complexity index is 4090. The van der Waals surface area contributed by atoms with Gasteiger partial charge in [-0.1, -0.05) is 26.7 Å². The van der Waals surface area contributed by atoms with E-state index in [4.69, 9.17) is 81.9 Å². The molecule has 7 atom stereocenters. The molecule has 1 aliphatic carbocycles. The highest BCUT2D eigenvalue weighted by molar-refractivity contribution is 7.81. The molecule has 754 valence electrons. The monoisotopic (exact) mass is 1980 g/mol. The summed E-state index contributed by atoms with van der Waals surface area (Å²) in [6.45, 7) is 33.3. The van der Waals surface area contributed by atoms with Crippen LogP contribution in [0.4, 0.5) is 128 Å². The molecule has 1 unspecified atom stereocenters. The third-order valence-electron chi connectivity index (χ3n) is 15.8. The number of halogens is 21. The lowest BCUT2D eigenvalue weighted by molar-refractivity contribution is -0.192. The molecule has 0 spiro atoms. The van der Waals surface area contributed by atoms with Crippen molar-refractivity contribution in [3.05, 3.63) is 88.0 Å². The van der Waals surface area contributed by atoms with Gasteiger partial charge in [-0.25, -0.2) is 43.2 Å². The van der Waals surface area contributed by atoms with Crippen molar-refractivity contribution in [3.63, 3.8) is 0 Å². The number of anilines is 3. The Balaban J connectivity index is 0. The second-order valence-corrected chi connectivity index (χ2v) is 34.7. The van der Waals surface area contributed by atoms with E-state index in [-0.39, 0.29) is 71.3 Å². The molecule has 4 amide bonds. The molecule has 3 aromatic carbocycles. The summed E-state index contributed by atoms with van der Waals surface area (Å²) >= 11 is 9.62. The number of thiocarbonyl (C=S) groups is 2. The summed E-state index contributed by atoms with van der Waals surface area (Å²) in [4.78, 5) is 110. The van der Waals surface area contributed by atoms with Crippen LogP contribution in [0, 0.1) is 5.92 Å². The zero-order valence-electron chi connectivity index (χ0n) is 74.4. The summed E-state index contributed by atoms with van der Waals surface area (Å²) in [5.74, 6) is -7.92. The minimum absolute atomic E-state index is 0.0604. The van der Waals surface area contributed by atoms with Gasteiger partial charge in [-0.15, -0.1) is 0 Å². The van der Waals surface area contributed by atoms with Crippen LogP contribution >= 0.6 is 24.4 Å². The highest BCUT2D eigenvalue weighted by Crippen LogP contribution is 2.42. The number of nitrogens with one attached hydrogen (secondary N) is 6. The van der Waals surface area contributed by atoms with E-state index >= 15 is 0 Å². The van der Waals surface area contributed by atoms with E-state index in [1.165, 1.54) is 9.80 Å². The highest BCUT2D eigenvalue weighted by atomic mass is 32.1. The van der Waals surface area contributed by atoms with Gasteiger partial charge in [-0.2, -0.15) is 92.2 Å². The lowest BCUT2D eigenvalue weighted by Crippen LogP contribution is -2.51. The lowest BCUT2D eigenvalue weighted by atomic mass is 9.91. The molecule has 3 aromatic rings. The van der Waals surface area contributed by atoms with E-state index in [1.807, 2.05) is 31.4 Å². The zero-order chi connectivity index (χ0) is 104. The Morgan fingerprint density at radius 3 is 0.871 bits per heavy atom. The van der Waals surface area contributed by atoms with Gasteiger partial charge in [0.2, 0.25) is 0 Å². The van der Waals surface area contributed by atoms with E-state index in [1.54, 1.807) is 104 Å². The number of likely N-dealkylation sites (tertiary alicyclic amines) is 2.